The van der Waals surface area contributed by atoms with Crippen molar-refractivity contribution >= 4 is 29.3 Å². The summed E-state index contributed by atoms with van der Waals surface area (Å²) in [4.78, 5) is 35.7. The Kier molecular flexibility index (Phi) is 5.44. The first-order chi connectivity index (χ1) is 15.0. The lowest BCUT2D eigenvalue weighted by atomic mass is 10.1. The van der Waals surface area contributed by atoms with Gasteiger partial charge in [-0.2, -0.15) is 0 Å². The molecule has 2 amide bonds. The van der Waals surface area contributed by atoms with Gasteiger partial charge in [0.25, 0.3) is 17.5 Å². The molecule has 0 aromatic heterocycles. The molecule has 1 saturated heterocycles. The first-order valence-corrected chi connectivity index (χ1v) is 9.40. The minimum atomic E-state index is -0.512. The van der Waals surface area contributed by atoms with Crippen molar-refractivity contribution in [2.75, 3.05) is 5.01 Å². The standard InChI is InChI=1S/C23H17N3O5/c27-22-20(23(28)25(24-22)18-9-2-1-3-10-18)14-17-8-4-5-12-21(17)31-15-16-7-6-11-19(13-16)26(29)30/h1-14H,15H2,(H,24,27)/b20-14-. The van der Waals surface area contributed by atoms with Crippen LogP contribution >= 0.6 is 0 Å². The highest BCUT2D eigenvalue weighted by Gasteiger charge is 2.34. The summed E-state index contributed by atoms with van der Waals surface area (Å²) >= 11 is 0. The second-order valence-electron chi connectivity index (χ2n) is 6.73. The van der Waals surface area contributed by atoms with Gasteiger partial charge in [-0.3, -0.25) is 25.1 Å². The number of nitro benzene ring substituents is 1. The fourth-order valence-corrected chi connectivity index (χ4v) is 3.12. The fourth-order valence-electron chi connectivity index (χ4n) is 3.12. The third-order valence-corrected chi connectivity index (χ3v) is 4.64. The number of para-hydroxylation sites is 2. The van der Waals surface area contributed by atoms with Gasteiger partial charge in [0.2, 0.25) is 0 Å². The molecule has 1 fully saturated rings. The number of carbonyl (C=O) groups excluding carboxylic acids is 2. The number of carbonyl (C=O) groups is 2. The van der Waals surface area contributed by atoms with Gasteiger partial charge < -0.3 is 4.74 Å². The largest absolute Gasteiger partial charge is 0.488 e. The number of nitrogens with zero attached hydrogens (tertiary/aromatic N) is 2. The number of rotatable bonds is 6. The average Bonchev–Trinajstić information content (AvgIpc) is 3.07. The van der Waals surface area contributed by atoms with Crippen LogP contribution in [0.25, 0.3) is 6.08 Å². The van der Waals surface area contributed by atoms with Crippen molar-refractivity contribution in [2.45, 2.75) is 6.61 Å². The summed E-state index contributed by atoms with van der Waals surface area (Å²) in [7, 11) is 0. The van der Waals surface area contributed by atoms with Crippen LogP contribution in [-0.2, 0) is 16.2 Å². The van der Waals surface area contributed by atoms with E-state index in [0.29, 0.717) is 22.6 Å². The third kappa shape index (κ3) is 4.27. The van der Waals surface area contributed by atoms with Crippen LogP contribution in [0.1, 0.15) is 11.1 Å². The van der Waals surface area contributed by atoms with Crippen molar-refractivity contribution in [2.24, 2.45) is 0 Å². The van der Waals surface area contributed by atoms with Crippen LogP contribution in [0.5, 0.6) is 5.75 Å². The van der Waals surface area contributed by atoms with Crippen molar-refractivity contribution in [3.63, 3.8) is 0 Å². The molecule has 31 heavy (non-hydrogen) atoms. The third-order valence-electron chi connectivity index (χ3n) is 4.64. The molecule has 0 spiro atoms. The molecule has 0 aliphatic carbocycles. The molecule has 1 heterocycles. The van der Waals surface area contributed by atoms with E-state index in [4.69, 9.17) is 4.74 Å². The monoisotopic (exact) mass is 415 g/mol. The molecule has 8 heteroatoms. The summed E-state index contributed by atoms with van der Waals surface area (Å²) in [6, 6.07) is 21.9. The first-order valence-electron chi connectivity index (χ1n) is 9.40. The lowest BCUT2D eigenvalue weighted by Gasteiger charge is -2.14. The summed E-state index contributed by atoms with van der Waals surface area (Å²) in [5.41, 5.74) is 4.24. The topological polar surface area (TPSA) is 102 Å². The fraction of sp³-hybridized carbons (Fsp3) is 0.0435. The molecule has 1 aliphatic heterocycles. The minimum absolute atomic E-state index is 0.0183. The Morgan fingerprint density at radius 2 is 1.71 bits per heavy atom. The number of anilines is 1. The molecule has 4 rings (SSSR count). The Bertz CT molecular complexity index is 1190. The number of nitrogens with one attached hydrogen (secondary N) is 1. The Morgan fingerprint density at radius 3 is 2.48 bits per heavy atom. The molecular formula is C23H17N3O5. The van der Waals surface area contributed by atoms with E-state index in [-0.39, 0.29) is 17.9 Å². The molecule has 0 atom stereocenters. The second kappa shape index (κ2) is 8.50. The van der Waals surface area contributed by atoms with E-state index in [1.54, 1.807) is 60.7 Å². The van der Waals surface area contributed by atoms with E-state index < -0.39 is 16.7 Å². The van der Waals surface area contributed by atoms with Crippen LogP contribution in [0.2, 0.25) is 0 Å². The number of amides is 2. The maximum atomic E-state index is 12.8. The zero-order valence-corrected chi connectivity index (χ0v) is 16.2. The van der Waals surface area contributed by atoms with Crippen LogP contribution in [-0.4, -0.2) is 16.7 Å². The predicted molar refractivity (Wildman–Crippen MR) is 114 cm³/mol. The van der Waals surface area contributed by atoms with Gasteiger partial charge in [-0.05, 0) is 29.8 Å². The van der Waals surface area contributed by atoms with Gasteiger partial charge in [0.05, 0.1) is 10.6 Å². The number of non-ortho nitro benzene ring substituents is 1. The Labute approximate surface area is 177 Å². The van der Waals surface area contributed by atoms with Gasteiger partial charge in [-0.15, -0.1) is 0 Å². The maximum absolute atomic E-state index is 12.8. The highest BCUT2D eigenvalue weighted by atomic mass is 16.6. The van der Waals surface area contributed by atoms with Crippen LogP contribution in [0.3, 0.4) is 0 Å². The Balaban J connectivity index is 1.57. The van der Waals surface area contributed by atoms with Gasteiger partial charge in [0.15, 0.2) is 0 Å². The van der Waals surface area contributed by atoms with E-state index in [2.05, 4.69) is 5.43 Å². The van der Waals surface area contributed by atoms with E-state index >= 15 is 0 Å². The molecule has 154 valence electrons. The van der Waals surface area contributed by atoms with Gasteiger partial charge in [0, 0.05) is 17.7 Å². The highest BCUT2D eigenvalue weighted by molar-refractivity contribution is 6.31. The van der Waals surface area contributed by atoms with E-state index in [0.717, 1.165) is 0 Å². The van der Waals surface area contributed by atoms with Gasteiger partial charge in [-0.25, -0.2) is 5.01 Å². The number of ether oxygens (including phenoxy) is 1. The number of nitro groups is 1. The number of hydrogen-bond acceptors (Lipinski definition) is 5. The van der Waals surface area contributed by atoms with Crippen molar-refractivity contribution in [3.05, 3.63) is 106 Å². The predicted octanol–water partition coefficient (Wildman–Crippen LogP) is 3.64. The van der Waals surface area contributed by atoms with Crippen molar-refractivity contribution in [1.82, 2.24) is 5.43 Å². The minimum Gasteiger partial charge on any atom is -0.488 e. The molecule has 0 unspecified atom stereocenters. The summed E-state index contributed by atoms with van der Waals surface area (Å²) in [5, 5.41) is 12.1. The second-order valence-corrected chi connectivity index (χ2v) is 6.73. The average molecular weight is 415 g/mol. The zero-order valence-electron chi connectivity index (χ0n) is 16.2. The van der Waals surface area contributed by atoms with E-state index in [1.165, 1.54) is 23.2 Å². The lowest BCUT2D eigenvalue weighted by Crippen LogP contribution is -2.35. The Morgan fingerprint density at radius 1 is 0.968 bits per heavy atom. The van der Waals surface area contributed by atoms with E-state index in [1.807, 2.05) is 6.07 Å². The van der Waals surface area contributed by atoms with Crippen molar-refractivity contribution < 1.29 is 19.2 Å². The zero-order chi connectivity index (χ0) is 21.8. The number of benzene rings is 3. The van der Waals surface area contributed by atoms with Crippen LogP contribution in [0, 0.1) is 10.1 Å². The van der Waals surface area contributed by atoms with Gasteiger partial charge in [0.1, 0.15) is 17.9 Å². The highest BCUT2D eigenvalue weighted by Crippen LogP contribution is 2.26. The van der Waals surface area contributed by atoms with Gasteiger partial charge in [-0.1, -0.05) is 48.5 Å². The van der Waals surface area contributed by atoms with E-state index in [9.17, 15) is 19.7 Å². The number of hydrazine groups is 1. The quantitative estimate of drug-likeness (QED) is 0.287. The molecular weight excluding hydrogens is 398 g/mol. The lowest BCUT2D eigenvalue weighted by molar-refractivity contribution is -0.384. The van der Waals surface area contributed by atoms with Crippen molar-refractivity contribution in [1.29, 1.82) is 0 Å². The Hall–Kier alpha value is -4.46. The van der Waals surface area contributed by atoms with Gasteiger partial charge >= 0.3 is 0 Å². The SMILES string of the molecule is O=C1NN(c2ccccc2)C(=O)/C1=C\c1ccccc1OCc1cccc([N+](=O)[O-])c1. The summed E-state index contributed by atoms with van der Waals surface area (Å²) in [5.74, 6) is -0.535. The molecule has 1 aliphatic rings. The summed E-state index contributed by atoms with van der Waals surface area (Å²) < 4.78 is 5.83. The molecule has 0 saturated carbocycles. The smallest absolute Gasteiger partial charge is 0.282 e. The number of hydrogen-bond donors (Lipinski definition) is 1. The first kappa shape index (κ1) is 19.8. The molecule has 3 aromatic carbocycles. The summed E-state index contributed by atoms with van der Waals surface area (Å²) in [6.45, 7) is 0.0954. The molecule has 0 radical (unpaired) electrons. The molecule has 8 nitrogen and oxygen atoms in total. The van der Waals surface area contributed by atoms with Crippen LogP contribution < -0.4 is 15.2 Å². The molecule has 3 aromatic rings. The maximum Gasteiger partial charge on any atom is 0.282 e. The molecule has 1 N–H and O–H groups in total. The van der Waals surface area contributed by atoms with Crippen LogP contribution in [0.4, 0.5) is 11.4 Å². The van der Waals surface area contributed by atoms with Crippen molar-refractivity contribution in [3.8, 4) is 5.75 Å². The van der Waals surface area contributed by atoms with Crippen LogP contribution in [0.15, 0.2) is 84.4 Å². The molecule has 0 bridgehead atoms. The summed E-state index contributed by atoms with van der Waals surface area (Å²) in [6.07, 6.45) is 1.48. The normalized spacial score (nSPS) is 14.6.